The second-order valence-electron chi connectivity index (χ2n) is 8.27. The normalized spacial score (nSPS) is 15.5. The standard InChI is InChI=1S/C25H28N4O2/c1-17-13-18(2)22(27-14-17)16-29(15-19-8-10-21(11-9-19)25(30)28-31)23-7-3-5-20-6-4-12-26-24(20)23/h4,6,8-14,23,31H,3,5,7,15-16H2,1-2H3,(H,28,30)/t23-/m0/s1. The second kappa shape index (κ2) is 9.37. The molecule has 4 rings (SSSR count). The van der Waals surface area contributed by atoms with Crippen LogP contribution in [0.1, 0.15) is 62.9 Å². The predicted molar refractivity (Wildman–Crippen MR) is 119 cm³/mol. The Kier molecular flexibility index (Phi) is 6.39. The zero-order chi connectivity index (χ0) is 21.8. The zero-order valence-electron chi connectivity index (χ0n) is 18.0. The van der Waals surface area contributed by atoms with Crippen LogP contribution < -0.4 is 5.48 Å². The fraction of sp³-hybridized carbons (Fsp3) is 0.320. The summed E-state index contributed by atoms with van der Waals surface area (Å²) < 4.78 is 0. The first-order chi connectivity index (χ1) is 15.0. The minimum Gasteiger partial charge on any atom is -0.288 e. The lowest BCUT2D eigenvalue weighted by Crippen LogP contribution is -2.32. The van der Waals surface area contributed by atoms with Crippen LogP contribution in [0.15, 0.2) is 54.9 Å². The monoisotopic (exact) mass is 416 g/mol. The van der Waals surface area contributed by atoms with Gasteiger partial charge in [0, 0.05) is 31.0 Å². The first-order valence-corrected chi connectivity index (χ1v) is 10.7. The molecule has 0 radical (unpaired) electrons. The van der Waals surface area contributed by atoms with E-state index in [1.54, 1.807) is 17.6 Å². The maximum absolute atomic E-state index is 11.6. The molecule has 1 aromatic carbocycles. The predicted octanol–water partition coefficient (Wildman–Crippen LogP) is 4.29. The first kappa shape index (κ1) is 21.2. The summed E-state index contributed by atoms with van der Waals surface area (Å²) in [5.41, 5.74) is 9.13. The van der Waals surface area contributed by atoms with E-state index in [0.29, 0.717) is 5.56 Å². The Morgan fingerprint density at radius 1 is 1.16 bits per heavy atom. The van der Waals surface area contributed by atoms with Gasteiger partial charge < -0.3 is 0 Å². The van der Waals surface area contributed by atoms with Crippen molar-refractivity contribution in [2.24, 2.45) is 0 Å². The average Bonchev–Trinajstić information content (AvgIpc) is 2.80. The van der Waals surface area contributed by atoms with E-state index < -0.39 is 5.91 Å². The summed E-state index contributed by atoms with van der Waals surface area (Å²) in [4.78, 5) is 23.6. The van der Waals surface area contributed by atoms with Crippen LogP contribution in [0.5, 0.6) is 0 Å². The molecule has 1 atom stereocenters. The van der Waals surface area contributed by atoms with Crippen molar-refractivity contribution in [2.75, 3.05) is 0 Å². The van der Waals surface area contributed by atoms with Gasteiger partial charge in [0.2, 0.25) is 0 Å². The molecule has 2 N–H and O–H groups in total. The molecular formula is C25H28N4O2. The van der Waals surface area contributed by atoms with Crippen LogP contribution in [-0.4, -0.2) is 26.0 Å². The Bertz CT molecular complexity index is 1070. The summed E-state index contributed by atoms with van der Waals surface area (Å²) in [5, 5.41) is 8.85. The highest BCUT2D eigenvalue weighted by molar-refractivity contribution is 5.93. The van der Waals surface area contributed by atoms with Gasteiger partial charge in [0.1, 0.15) is 0 Å². The molecule has 6 nitrogen and oxygen atoms in total. The van der Waals surface area contributed by atoms with Crippen LogP contribution in [0.3, 0.4) is 0 Å². The number of carbonyl (C=O) groups is 1. The Balaban J connectivity index is 1.65. The van der Waals surface area contributed by atoms with Crippen molar-refractivity contribution in [3.05, 3.63) is 94.1 Å². The lowest BCUT2D eigenvalue weighted by Gasteiger charge is -2.35. The maximum atomic E-state index is 11.6. The van der Waals surface area contributed by atoms with E-state index in [4.69, 9.17) is 15.2 Å². The number of amides is 1. The van der Waals surface area contributed by atoms with E-state index in [0.717, 1.165) is 54.9 Å². The molecule has 6 heteroatoms. The Hall–Kier alpha value is -3.09. The molecule has 2 heterocycles. The van der Waals surface area contributed by atoms with Gasteiger partial charge in [-0.15, -0.1) is 0 Å². The third kappa shape index (κ3) is 4.81. The summed E-state index contributed by atoms with van der Waals surface area (Å²) in [6.45, 7) is 5.62. The molecular weight excluding hydrogens is 388 g/mol. The molecule has 0 aliphatic heterocycles. The van der Waals surface area contributed by atoms with E-state index in [-0.39, 0.29) is 6.04 Å². The largest absolute Gasteiger partial charge is 0.288 e. The zero-order valence-corrected chi connectivity index (χ0v) is 18.0. The smallest absolute Gasteiger partial charge is 0.274 e. The van der Waals surface area contributed by atoms with Gasteiger partial charge in [0.25, 0.3) is 5.91 Å². The van der Waals surface area contributed by atoms with Crippen molar-refractivity contribution in [1.82, 2.24) is 20.3 Å². The molecule has 1 amide bonds. The highest BCUT2D eigenvalue weighted by Crippen LogP contribution is 2.35. The van der Waals surface area contributed by atoms with Crippen molar-refractivity contribution in [2.45, 2.75) is 52.2 Å². The van der Waals surface area contributed by atoms with Crippen molar-refractivity contribution >= 4 is 5.91 Å². The van der Waals surface area contributed by atoms with Gasteiger partial charge in [-0.2, -0.15) is 0 Å². The Morgan fingerprint density at radius 3 is 2.71 bits per heavy atom. The highest BCUT2D eigenvalue weighted by atomic mass is 16.5. The number of hydrogen-bond acceptors (Lipinski definition) is 5. The van der Waals surface area contributed by atoms with E-state index in [2.05, 4.69) is 30.9 Å². The summed E-state index contributed by atoms with van der Waals surface area (Å²) in [7, 11) is 0. The highest BCUT2D eigenvalue weighted by Gasteiger charge is 2.28. The number of nitrogens with one attached hydrogen (secondary N) is 1. The SMILES string of the molecule is Cc1cnc(CN(Cc2ccc(C(=O)NO)cc2)[C@H]2CCCc3cccnc32)c(C)c1. The summed E-state index contributed by atoms with van der Waals surface area (Å²) in [6, 6.07) is 13.9. The van der Waals surface area contributed by atoms with Crippen LogP contribution in [0.2, 0.25) is 0 Å². The van der Waals surface area contributed by atoms with E-state index in [1.165, 1.54) is 11.1 Å². The van der Waals surface area contributed by atoms with Crippen LogP contribution in [0.4, 0.5) is 0 Å². The van der Waals surface area contributed by atoms with Gasteiger partial charge in [-0.25, -0.2) is 5.48 Å². The first-order valence-electron chi connectivity index (χ1n) is 10.7. The molecule has 160 valence electrons. The fourth-order valence-corrected chi connectivity index (χ4v) is 4.38. The molecule has 0 unspecified atom stereocenters. The third-order valence-corrected chi connectivity index (χ3v) is 5.99. The van der Waals surface area contributed by atoms with Crippen molar-refractivity contribution < 1.29 is 10.0 Å². The van der Waals surface area contributed by atoms with E-state index >= 15 is 0 Å². The number of hydrogen-bond donors (Lipinski definition) is 2. The molecule has 1 aliphatic carbocycles. The second-order valence-corrected chi connectivity index (χ2v) is 8.27. The van der Waals surface area contributed by atoms with E-state index in [1.807, 2.05) is 30.6 Å². The van der Waals surface area contributed by atoms with Crippen molar-refractivity contribution in [1.29, 1.82) is 0 Å². The van der Waals surface area contributed by atoms with Gasteiger partial charge >= 0.3 is 0 Å². The van der Waals surface area contributed by atoms with Gasteiger partial charge in [-0.05, 0) is 73.6 Å². The quantitative estimate of drug-likeness (QED) is 0.463. The number of pyridine rings is 2. The number of rotatable bonds is 6. The number of benzene rings is 1. The average molecular weight is 417 g/mol. The lowest BCUT2D eigenvalue weighted by atomic mass is 9.90. The lowest BCUT2D eigenvalue weighted by molar-refractivity contribution is 0.0706. The summed E-state index contributed by atoms with van der Waals surface area (Å²) in [6.07, 6.45) is 7.07. The minimum absolute atomic E-state index is 0.216. The van der Waals surface area contributed by atoms with Gasteiger partial charge in [0.05, 0.1) is 17.4 Å². The fourth-order valence-electron chi connectivity index (χ4n) is 4.38. The number of fused-ring (bicyclic) bond motifs is 1. The van der Waals surface area contributed by atoms with Crippen LogP contribution in [0.25, 0.3) is 0 Å². The molecule has 0 fully saturated rings. The number of hydroxylamine groups is 1. The van der Waals surface area contributed by atoms with Gasteiger partial charge in [-0.3, -0.25) is 24.9 Å². The molecule has 0 bridgehead atoms. The number of nitrogens with zero attached hydrogens (tertiary/aromatic N) is 3. The third-order valence-electron chi connectivity index (χ3n) is 5.99. The van der Waals surface area contributed by atoms with Gasteiger partial charge in [0.15, 0.2) is 0 Å². The van der Waals surface area contributed by atoms with Crippen LogP contribution in [-0.2, 0) is 19.5 Å². The molecule has 1 aliphatic rings. The van der Waals surface area contributed by atoms with Crippen molar-refractivity contribution in [3.8, 4) is 0 Å². The molecule has 31 heavy (non-hydrogen) atoms. The Labute approximate surface area is 182 Å². The molecule has 2 aromatic heterocycles. The molecule has 3 aromatic rings. The molecule has 0 saturated carbocycles. The maximum Gasteiger partial charge on any atom is 0.274 e. The molecule has 0 saturated heterocycles. The van der Waals surface area contributed by atoms with Crippen LogP contribution in [0, 0.1) is 13.8 Å². The topological polar surface area (TPSA) is 78.4 Å². The molecule has 0 spiro atoms. The number of aryl methyl sites for hydroxylation is 3. The minimum atomic E-state index is -0.506. The number of carbonyl (C=O) groups excluding carboxylic acids is 1. The van der Waals surface area contributed by atoms with Gasteiger partial charge in [-0.1, -0.05) is 24.3 Å². The van der Waals surface area contributed by atoms with Crippen LogP contribution >= 0.6 is 0 Å². The number of aromatic nitrogens is 2. The summed E-state index contributed by atoms with van der Waals surface area (Å²) >= 11 is 0. The van der Waals surface area contributed by atoms with E-state index in [9.17, 15) is 4.79 Å². The Morgan fingerprint density at radius 2 is 1.97 bits per heavy atom. The van der Waals surface area contributed by atoms with Crippen molar-refractivity contribution in [3.63, 3.8) is 0 Å². The summed E-state index contributed by atoms with van der Waals surface area (Å²) in [5.74, 6) is -0.506.